The third kappa shape index (κ3) is 1.88. The normalized spacial score (nSPS) is 10.0. The number of aromatic nitrogens is 1. The zero-order valence-electron chi connectivity index (χ0n) is 6.88. The molecule has 0 saturated heterocycles. The minimum atomic E-state index is 0. The summed E-state index contributed by atoms with van der Waals surface area (Å²) >= 11 is 3.41. The van der Waals surface area contributed by atoms with Crippen LogP contribution in [0.4, 0.5) is 0 Å². The van der Waals surface area contributed by atoms with Crippen molar-refractivity contribution in [1.82, 2.24) is 4.98 Å². The number of hydrogen-bond donors (Lipinski definition) is 2. The summed E-state index contributed by atoms with van der Waals surface area (Å²) in [5.41, 5.74) is 7.86. The number of hydrogen-bond acceptors (Lipinski definition) is 1. The molecule has 0 unspecified atom stereocenters. The molecule has 0 fully saturated rings. The number of nitrogens with two attached hydrogens (primary N) is 1. The van der Waals surface area contributed by atoms with Gasteiger partial charge in [0.05, 0.1) is 0 Å². The minimum Gasteiger partial charge on any atom is -0.361 e. The van der Waals surface area contributed by atoms with Gasteiger partial charge in [0, 0.05) is 28.1 Å². The maximum atomic E-state index is 5.57. The van der Waals surface area contributed by atoms with Gasteiger partial charge in [-0.3, -0.25) is 0 Å². The first-order valence-corrected chi connectivity index (χ1v) is 4.56. The van der Waals surface area contributed by atoms with Crippen molar-refractivity contribution in [2.75, 3.05) is 0 Å². The Hall–Kier alpha value is -0.510. The molecule has 3 N–H and O–H groups in total. The van der Waals surface area contributed by atoms with Crippen LogP contribution in [0.1, 0.15) is 5.56 Å². The maximum Gasteiger partial charge on any atom is 0.0468 e. The van der Waals surface area contributed by atoms with Crippen molar-refractivity contribution in [2.24, 2.45) is 5.73 Å². The molecule has 2 aromatic rings. The van der Waals surface area contributed by atoms with E-state index in [0.29, 0.717) is 6.54 Å². The molecule has 0 aliphatic heterocycles. The summed E-state index contributed by atoms with van der Waals surface area (Å²) < 4.78 is 1.08. The average molecular weight is 262 g/mol. The predicted octanol–water partition coefficient (Wildman–Crippen LogP) is 2.81. The number of rotatable bonds is 1. The summed E-state index contributed by atoms with van der Waals surface area (Å²) in [6.07, 6.45) is 1.96. The lowest BCUT2D eigenvalue weighted by Gasteiger charge is -1.93. The van der Waals surface area contributed by atoms with Crippen molar-refractivity contribution in [3.05, 3.63) is 34.4 Å². The van der Waals surface area contributed by atoms with Crippen LogP contribution in [-0.2, 0) is 6.54 Å². The molecule has 1 aromatic carbocycles. The van der Waals surface area contributed by atoms with Gasteiger partial charge in [0.25, 0.3) is 0 Å². The Labute approximate surface area is 91.0 Å². The van der Waals surface area contributed by atoms with Crippen LogP contribution in [0.3, 0.4) is 0 Å². The first kappa shape index (κ1) is 10.6. The highest BCUT2D eigenvalue weighted by molar-refractivity contribution is 9.10. The largest absolute Gasteiger partial charge is 0.361 e. The van der Waals surface area contributed by atoms with Crippen LogP contribution in [-0.4, -0.2) is 4.98 Å². The first-order chi connectivity index (χ1) is 5.81. The minimum absolute atomic E-state index is 0. The summed E-state index contributed by atoms with van der Waals surface area (Å²) in [6.45, 7) is 0.585. The molecular weight excluding hydrogens is 251 g/mol. The third-order valence-corrected chi connectivity index (χ3v) is 2.44. The molecule has 1 aromatic heterocycles. The Bertz CT molecular complexity index is 411. The van der Waals surface area contributed by atoms with Crippen LogP contribution in [0, 0.1) is 0 Å². The average Bonchev–Trinajstić information content (AvgIpc) is 2.46. The van der Waals surface area contributed by atoms with Gasteiger partial charge < -0.3 is 10.7 Å². The van der Waals surface area contributed by atoms with Gasteiger partial charge in [-0.1, -0.05) is 22.0 Å². The molecule has 0 saturated carbocycles. The van der Waals surface area contributed by atoms with Crippen molar-refractivity contribution in [3.63, 3.8) is 0 Å². The lowest BCUT2D eigenvalue weighted by molar-refractivity contribution is 1.08. The molecule has 13 heavy (non-hydrogen) atoms. The number of benzene rings is 1. The quantitative estimate of drug-likeness (QED) is 0.814. The highest BCUT2D eigenvalue weighted by atomic mass is 79.9. The Balaban J connectivity index is 0.000000845. The van der Waals surface area contributed by atoms with Gasteiger partial charge in [0.2, 0.25) is 0 Å². The number of nitrogens with one attached hydrogen (secondary N) is 1. The van der Waals surface area contributed by atoms with E-state index in [-0.39, 0.29) is 12.4 Å². The van der Waals surface area contributed by atoms with Crippen molar-refractivity contribution in [1.29, 1.82) is 0 Å². The summed E-state index contributed by atoms with van der Waals surface area (Å²) in [7, 11) is 0. The van der Waals surface area contributed by atoms with E-state index in [0.717, 1.165) is 15.6 Å². The zero-order valence-corrected chi connectivity index (χ0v) is 9.28. The highest BCUT2D eigenvalue weighted by Gasteiger charge is 2.00. The molecule has 0 amide bonds. The Kier molecular flexibility index (Phi) is 3.36. The second kappa shape index (κ2) is 4.13. The van der Waals surface area contributed by atoms with Crippen molar-refractivity contribution in [2.45, 2.75) is 6.54 Å². The molecule has 0 aliphatic carbocycles. The van der Waals surface area contributed by atoms with Gasteiger partial charge >= 0.3 is 0 Å². The lowest BCUT2D eigenvalue weighted by atomic mass is 10.2. The SMILES string of the molecule is Cl.NCc1c[nH]c2cc(Br)ccc12. The molecule has 0 spiro atoms. The van der Waals surface area contributed by atoms with E-state index in [1.807, 2.05) is 12.3 Å². The molecule has 1 heterocycles. The second-order valence-corrected chi connectivity index (χ2v) is 3.62. The monoisotopic (exact) mass is 260 g/mol. The molecule has 2 nitrogen and oxygen atoms in total. The van der Waals surface area contributed by atoms with Crippen LogP contribution in [0.15, 0.2) is 28.9 Å². The fourth-order valence-electron chi connectivity index (χ4n) is 1.33. The predicted molar refractivity (Wildman–Crippen MR) is 61.1 cm³/mol. The molecular formula is C9H10BrClN2. The maximum absolute atomic E-state index is 5.57. The second-order valence-electron chi connectivity index (χ2n) is 2.71. The van der Waals surface area contributed by atoms with Crippen LogP contribution in [0.2, 0.25) is 0 Å². The molecule has 0 atom stereocenters. The smallest absolute Gasteiger partial charge is 0.0468 e. The molecule has 0 bridgehead atoms. The van der Waals surface area contributed by atoms with E-state index in [4.69, 9.17) is 5.73 Å². The van der Waals surface area contributed by atoms with Crippen LogP contribution in [0.5, 0.6) is 0 Å². The van der Waals surface area contributed by atoms with Gasteiger partial charge in [-0.15, -0.1) is 12.4 Å². The summed E-state index contributed by atoms with van der Waals surface area (Å²) in [5.74, 6) is 0. The van der Waals surface area contributed by atoms with Gasteiger partial charge in [-0.05, 0) is 17.7 Å². The van der Waals surface area contributed by atoms with Gasteiger partial charge in [-0.25, -0.2) is 0 Å². The van der Waals surface area contributed by atoms with Gasteiger partial charge in [-0.2, -0.15) is 0 Å². The lowest BCUT2D eigenvalue weighted by Crippen LogP contribution is -1.93. The topological polar surface area (TPSA) is 41.8 Å². The third-order valence-electron chi connectivity index (χ3n) is 1.95. The summed E-state index contributed by atoms with van der Waals surface area (Å²) in [6, 6.07) is 6.14. The standard InChI is InChI=1S/C9H9BrN2.ClH/c10-7-1-2-8-6(4-11)5-12-9(8)3-7;/h1-3,5,12H,4,11H2;1H. The zero-order chi connectivity index (χ0) is 8.55. The van der Waals surface area contributed by atoms with E-state index >= 15 is 0 Å². The van der Waals surface area contributed by atoms with Crippen molar-refractivity contribution >= 4 is 39.2 Å². The van der Waals surface area contributed by atoms with E-state index in [2.05, 4.69) is 33.0 Å². The molecule has 70 valence electrons. The Morgan fingerprint density at radius 2 is 2.15 bits per heavy atom. The first-order valence-electron chi connectivity index (χ1n) is 3.77. The van der Waals surface area contributed by atoms with E-state index in [1.54, 1.807) is 0 Å². The highest BCUT2D eigenvalue weighted by Crippen LogP contribution is 2.21. The van der Waals surface area contributed by atoms with E-state index in [9.17, 15) is 0 Å². The summed E-state index contributed by atoms with van der Waals surface area (Å²) in [5, 5.41) is 1.21. The fraction of sp³-hybridized carbons (Fsp3) is 0.111. The Morgan fingerprint density at radius 1 is 1.38 bits per heavy atom. The molecule has 0 aliphatic rings. The van der Waals surface area contributed by atoms with Crippen LogP contribution >= 0.6 is 28.3 Å². The van der Waals surface area contributed by atoms with Crippen LogP contribution < -0.4 is 5.73 Å². The van der Waals surface area contributed by atoms with E-state index in [1.165, 1.54) is 5.39 Å². The summed E-state index contributed by atoms with van der Waals surface area (Å²) in [4.78, 5) is 3.17. The van der Waals surface area contributed by atoms with Gasteiger partial charge in [0.15, 0.2) is 0 Å². The number of fused-ring (bicyclic) bond motifs is 1. The van der Waals surface area contributed by atoms with E-state index < -0.39 is 0 Å². The number of aromatic amines is 1. The van der Waals surface area contributed by atoms with Crippen molar-refractivity contribution in [3.8, 4) is 0 Å². The fourth-order valence-corrected chi connectivity index (χ4v) is 1.69. The van der Waals surface area contributed by atoms with Crippen LogP contribution in [0.25, 0.3) is 10.9 Å². The Morgan fingerprint density at radius 3 is 2.85 bits per heavy atom. The molecule has 0 radical (unpaired) electrons. The molecule has 4 heteroatoms. The number of H-pyrrole nitrogens is 1. The van der Waals surface area contributed by atoms with Gasteiger partial charge in [0.1, 0.15) is 0 Å². The van der Waals surface area contributed by atoms with Crippen molar-refractivity contribution < 1.29 is 0 Å². The molecule has 2 rings (SSSR count). The number of halogens is 2.